The third kappa shape index (κ3) is 2.58. The quantitative estimate of drug-likeness (QED) is 0.679. The van der Waals surface area contributed by atoms with Crippen molar-refractivity contribution in [3.8, 4) is 11.5 Å². The summed E-state index contributed by atoms with van der Waals surface area (Å²) in [6.07, 6.45) is 0. The largest absolute Gasteiger partial charge is 0.508 e. The molecule has 0 atom stereocenters. The average molecular weight is 325 g/mol. The number of carboxylic acid groups (broad SMARTS) is 1. The van der Waals surface area contributed by atoms with Crippen molar-refractivity contribution in [2.24, 2.45) is 0 Å². The number of rotatable bonds is 4. The molecule has 0 bridgehead atoms. The molecule has 0 aliphatic carbocycles. The molecule has 3 aromatic rings. The lowest BCUT2D eigenvalue weighted by atomic mass is 10.0. The lowest BCUT2D eigenvalue weighted by molar-refractivity contribution is 0.0696. The van der Waals surface area contributed by atoms with Crippen molar-refractivity contribution in [1.82, 2.24) is 4.57 Å². The molecule has 3 rings (SSSR count). The van der Waals surface area contributed by atoms with Crippen LogP contribution in [-0.4, -0.2) is 25.9 Å². The molecule has 0 fully saturated rings. The van der Waals surface area contributed by atoms with E-state index in [4.69, 9.17) is 0 Å². The summed E-state index contributed by atoms with van der Waals surface area (Å²) in [7, 11) is 0. The van der Waals surface area contributed by atoms with Gasteiger partial charge in [0.15, 0.2) is 0 Å². The van der Waals surface area contributed by atoms with Gasteiger partial charge in [0.25, 0.3) is 0 Å². The van der Waals surface area contributed by atoms with Gasteiger partial charge in [-0.05, 0) is 35.7 Å². The molecule has 0 aliphatic heterocycles. The number of phenolic OH excluding ortho intramolecular Hbond substituents is 2. The van der Waals surface area contributed by atoms with Crippen LogP contribution >= 0.6 is 0 Å². The summed E-state index contributed by atoms with van der Waals surface area (Å²) in [5, 5.41) is 29.7. The molecule has 3 N–H and O–H groups in total. The van der Waals surface area contributed by atoms with Gasteiger partial charge in [-0.1, -0.05) is 32.0 Å². The van der Waals surface area contributed by atoms with Gasteiger partial charge in [0.1, 0.15) is 11.5 Å². The maximum Gasteiger partial charge on any atom is 0.338 e. The number of phenols is 2. The van der Waals surface area contributed by atoms with E-state index in [-0.39, 0.29) is 23.0 Å². The Hall–Kier alpha value is -2.95. The summed E-state index contributed by atoms with van der Waals surface area (Å²) in [4.78, 5) is 11.8. The van der Waals surface area contributed by atoms with Crippen LogP contribution in [0.4, 0.5) is 0 Å². The molecule has 2 aromatic carbocycles. The van der Waals surface area contributed by atoms with Crippen molar-refractivity contribution < 1.29 is 20.1 Å². The van der Waals surface area contributed by atoms with Gasteiger partial charge >= 0.3 is 5.97 Å². The SMILES string of the molecule is CC(C)c1c(C(=O)O)c2c(O)cccc2n1Cc1ccc(O)cc1. The molecule has 5 heteroatoms. The van der Waals surface area contributed by atoms with Crippen LogP contribution in [-0.2, 0) is 6.54 Å². The highest BCUT2D eigenvalue weighted by Gasteiger charge is 2.26. The molecule has 0 saturated heterocycles. The first kappa shape index (κ1) is 15.9. The fourth-order valence-electron chi connectivity index (χ4n) is 3.17. The number of benzene rings is 2. The van der Waals surface area contributed by atoms with Crippen LogP contribution in [0.1, 0.15) is 41.4 Å². The first-order chi connectivity index (χ1) is 11.4. The maximum atomic E-state index is 11.8. The van der Waals surface area contributed by atoms with Gasteiger partial charge in [-0.2, -0.15) is 0 Å². The molecular weight excluding hydrogens is 306 g/mol. The third-order valence-corrected chi connectivity index (χ3v) is 4.15. The second-order valence-corrected chi connectivity index (χ2v) is 6.14. The zero-order valence-electron chi connectivity index (χ0n) is 13.5. The summed E-state index contributed by atoms with van der Waals surface area (Å²) in [6, 6.07) is 11.8. The van der Waals surface area contributed by atoms with Gasteiger partial charge in [-0.25, -0.2) is 4.79 Å². The van der Waals surface area contributed by atoms with E-state index in [1.54, 1.807) is 30.3 Å². The van der Waals surface area contributed by atoms with Crippen LogP contribution in [0.3, 0.4) is 0 Å². The predicted octanol–water partition coefficient (Wildman–Crippen LogP) is 3.92. The van der Waals surface area contributed by atoms with Crippen LogP contribution in [0, 0.1) is 0 Å². The molecule has 1 aromatic heterocycles. The van der Waals surface area contributed by atoms with E-state index in [0.29, 0.717) is 23.1 Å². The highest BCUT2D eigenvalue weighted by Crippen LogP contribution is 2.36. The number of carbonyl (C=O) groups is 1. The molecule has 124 valence electrons. The van der Waals surface area contributed by atoms with E-state index in [9.17, 15) is 20.1 Å². The van der Waals surface area contributed by atoms with Crippen LogP contribution in [0.2, 0.25) is 0 Å². The Morgan fingerprint density at radius 3 is 2.33 bits per heavy atom. The number of aromatic carboxylic acids is 1. The van der Waals surface area contributed by atoms with Gasteiger partial charge in [-0.3, -0.25) is 0 Å². The Morgan fingerprint density at radius 1 is 1.08 bits per heavy atom. The zero-order chi connectivity index (χ0) is 17.4. The fourth-order valence-corrected chi connectivity index (χ4v) is 3.17. The molecule has 0 amide bonds. The summed E-state index contributed by atoms with van der Waals surface area (Å²) in [5.74, 6) is -0.921. The van der Waals surface area contributed by atoms with Crippen molar-refractivity contribution in [3.63, 3.8) is 0 Å². The van der Waals surface area contributed by atoms with E-state index >= 15 is 0 Å². The number of fused-ring (bicyclic) bond motifs is 1. The van der Waals surface area contributed by atoms with Crippen molar-refractivity contribution in [2.45, 2.75) is 26.3 Å². The summed E-state index contributed by atoms with van der Waals surface area (Å²) in [6.45, 7) is 4.33. The van der Waals surface area contributed by atoms with Crippen molar-refractivity contribution in [2.75, 3.05) is 0 Å². The standard InChI is InChI=1S/C19H19NO4/c1-11(2)18-17(19(23)24)16-14(4-3-5-15(16)22)20(18)10-12-6-8-13(21)9-7-12/h3-9,11,21-22H,10H2,1-2H3,(H,23,24). The van der Waals surface area contributed by atoms with Crippen LogP contribution in [0.15, 0.2) is 42.5 Å². The minimum absolute atomic E-state index is 0.0278. The Morgan fingerprint density at radius 2 is 1.75 bits per heavy atom. The smallest absolute Gasteiger partial charge is 0.338 e. The Kier molecular flexibility index (Phi) is 3.93. The normalized spacial score (nSPS) is 11.3. The van der Waals surface area contributed by atoms with Gasteiger partial charge in [0.2, 0.25) is 0 Å². The number of hydrogen-bond acceptors (Lipinski definition) is 3. The average Bonchev–Trinajstić information content (AvgIpc) is 2.86. The number of hydrogen-bond donors (Lipinski definition) is 3. The zero-order valence-corrected chi connectivity index (χ0v) is 13.5. The molecule has 24 heavy (non-hydrogen) atoms. The predicted molar refractivity (Wildman–Crippen MR) is 91.9 cm³/mol. The lowest BCUT2D eigenvalue weighted by Crippen LogP contribution is -2.09. The highest BCUT2D eigenvalue weighted by molar-refractivity contribution is 6.07. The monoisotopic (exact) mass is 325 g/mol. The highest BCUT2D eigenvalue weighted by atomic mass is 16.4. The minimum atomic E-state index is -1.05. The van der Waals surface area contributed by atoms with Crippen LogP contribution < -0.4 is 0 Å². The minimum Gasteiger partial charge on any atom is -0.508 e. The number of aromatic hydroxyl groups is 2. The van der Waals surface area contributed by atoms with Gasteiger partial charge in [0, 0.05) is 12.2 Å². The molecule has 0 unspecified atom stereocenters. The number of carboxylic acids is 1. The van der Waals surface area contributed by atoms with Crippen molar-refractivity contribution in [1.29, 1.82) is 0 Å². The van der Waals surface area contributed by atoms with E-state index in [1.165, 1.54) is 6.07 Å². The summed E-state index contributed by atoms with van der Waals surface area (Å²) < 4.78 is 1.93. The Labute approximate surface area is 139 Å². The van der Waals surface area contributed by atoms with Gasteiger partial charge < -0.3 is 19.9 Å². The molecule has 0 spiro atoms. The first-order valence-electron chi connectivity index (χ1n) is 7.75. The van der Waals surface area contributed by atoms with E-state index in [0.717, 1.165) is 5.56 Å². The second kappa shape index (κ2) is 5.92. The van der Waals surface area contributed by atoms with Crippen LogP contribution in [0.5, 0.6) is 11.5 Å². The molecule has 5 nitrogen and oxygen atoms in total. The maximum absolute atomic E-state index is 11.8. The van der Waals surface area contributed by atoms with Crippen LogP contribution in [0.25, 0.3) is 10.9 Å². The molecule has 0 saturated carbocycles. The first-order valence-corrected chi connectivity index (χ1v) is 7.75. The van der Waals surface area contributed by atoms with Crippen molar-refractivity contribution >= 4 is 16.9 Å². The second-order valence-electron chi connectivity index (χ2n) is 6.14. The Balaban J connectivity index is 2.29. The van der Waals surface area contributed by atoms with Gasteiger partial charge in [-0.15, -0.1) is 0 Å². The Bertz CT molecular complexity index is 907. The van der Waals surface area contributed by atoms with E-state index in [1.807, 2.05) is 24.5 Å². The van der Waals surface area contributed by atoms with Gasteiger partial charge in [0.05, 0.1) is 16.5 Å². The summed E-state index contributed by atoms with van der Waals surface area (Å²) in [5.41, 5.74) is 2.44. The summed E-state index contributed by atoms with van der Waals surface area (Å²) >= 11 is 0. The van der Waals surface area contributed by atoms with E-state index in [2.05, 4.69) is 0 Å². The third-order valence-electron chi connectivity index (χ3n) is 4.15. The molecule has 0 radical (unpaired) electrons. The van der Waals surface area contributed by atoms with Crippen molar-refractivity contribution in [3.05, 3.63) is 59.3 Å². The number of nitrogens with zero attached hydrogens (tertiary/aromatic N) is 1. The molecule has 0 aliphatic rings. The fraction of sp³-hybridized carbons (Fsp3) is 0.211. The number of aromatic nitrogens is 1. The van der Waals surface area contributed by atoms with E-state index < -0.39 is 5.97 Å². The topological polar surface area (TPSA) is 82.7 Å². The molecule has 1 heterocycles. The lowest BCUT2D eigenvalue weighted by Gasteiger charge is -2.14. The molecular formula is C19H19NO4.